The van der Waals surface area contributed by atoms with Crippen LogP contribution in [-0.2, 0) is 0 Å². The lowest BCUT2D eigenvalue weighted by atomic mass is 10.1. The molecule has 0 saturated carbocycles. The number of amides is 1. The second kappa shape index (κ2) is 6.97. The Balaban J connectivity index is 2.20. The van der Waals surface area contributed by atoms with Gasteiger partial charge in [-0.05, 0) is 12.5 Å². The number of aromatic nitrogens is 1. The summed E-state index contributed by atoms with van der Waals surface area (Å²) in [5.74, 6) is 6.73. The van der Waals surface area contributed by atoms with Gasteiger partial charge in [-0.3, -0.25) is 9.78 Å². The summed E-state index contributed by atoms with van der Waals surface area (Å²) in [6.45, 7) is 6.30. The molecule has 4 nitrogen and oxygen atoms in total. The summed E-state index contributed by atoms with van der Waals surface area (Å²) in [4.78, 5) is 18.7. The number of nitrogens with zero attached hydrogens (tertiary/aromatic N) is 2. The molecule has 1 saturated heterocycles. The van der Waals surface area contributed by atoms with Gasteiger partial charge in [-0.2, -0.15) is 11.8 Å². The fraction of sp³-hybridized carbons (Fsp3) is 0.500. The molecular formula is C16H21N3OS. The van der Waals surface area contributed by atoms with Crippen LogP contribution in [0.15, 0.2) is 18.5 Å². The van der Waals surface area contributed by atoms with Crippen molar-refractivity contribution in [3.05, 3.63) is 29.6 Å². The molecule has 2 rings (SSSR count). The number of carbonyl (C=O) groups is 1. The van der Waals surface area contributed by atoms with Crippen LogP contribution in [0.3, 0.4) is 0 Å². The molecule has 0 bridgehead atoms. The Labute approximate surface area is 130 Å². The van der Waals surface area contributed by atoms with E-state index in [2.05, 4.69) is 30.7 Å². The minimum Gasteiger partial charge on any atom is -0.338 e. The molecule has 0 spiro atoms. The SMILES string of the molecule is CC1(C)CCN(C(=O)c2ccncc2C#CCN)CCS1. The number of pyridine rings is 1. The molecule has 21 heavy (non-hydrogen) atoms. The average molecular weight is 303 g/mol. The van der Waals surface area contributed by atoms with E-state index in [1.54, 1.807) is 18.5 Å². The van der Waals surface area contributed by atoms with Crippen LogP contribution in [-0.4, -0.2) is 45.9 Å². The van der Waals surface area contributed by atoms with Crippen molar-refractivity contribution >= 4 is 17.7 Å². The van der Waals surface area contributed by atoms with Crippen LogP contribution in [0.4, 0.5) is 0 Å². The zero-order valence-corrected chi connectivity index (χ0v) is 13.4. The summed E-state index contributed by atoms with van der Waals surface area (Å²) >= 11 is 1.92. The maximum Gasteiger partial charge on any atom is 0.255 e. The summed E-state index contributed by atoms with van der Waals surface area (Å²) in [5, 5.41) is 0. The van der Waals surface area contributed by atoms with Gasteiger partial charge in [0, 0.05) is 36.0 Å². The first-order chi connectivity index (χ1) is 10.0. The van der Waals surface area contributed by atoms with Crippen LogP contribution >= 0.6 is 11.8 Å². The van der Waals surface area contributed by atoms with Crippen LogP contribution in [0.25, 0.3) is 0 Å². The fourth-order valence-electron chi connectivity index (χ4n) is 2.22. The van der Waals surface area contributed by atoms with Crippen molar-refractivity contribution in [2.24, 2.45) is 5.73 Å². The summed E-state index contributed by atoms with van der Waals surface area (Å²) in [7, 11) is 0. The second-order valence-corrected chi connectivity index (χ2v) is 7.38. The first kappa shape index (κ1) is 15.9. The minimum atomic E-state index is 0.0389. The van der Waals surface area contributed by atoms with E-state index in [1.165, 1.54) is 0 Å². The summed E-state index contributed by atoms with van der Waals surface area (Å²) in [5.41, 5.74) is 6.68. The lowest BCUT2D eigenvalue weighted by molar-refractivity contribution is 0.0764. The Bertz CT molecular complexity index is 574. The standard InChI is InChI=1S/C16H21N3OS/c1-16(2)6-9-19(10-11-21-16)15(20)14-5-8-18-12-13(14)4-3-7-17/h5,8,12H,6-7,9-11,17H2,1-2H3. The first-order valence-electron chi connectivity index (χ1n) is 7.10. The van der Waals surface area contributed by atoms with E-state index in [0.717, 1.165) is 25.3 Å². The lowest BCUT2D eigenvalue weighted by Crippen LogP contribution is -2.34. The highest BCUT2D eigenvalue weighted by Crippen LogP contribution is 2.31. The largest absolute Gasteiger partial charge is 0.338 e. The molecule has 2 N–H and O–H groups in total. The molecule has 112 valence electrons. The Morgan fingerprint density at radius 2 is 2.33 bits per heavy atom. The molecule has 0 unspecified atom stereocenters. The maximum absolute atomic E-state index is 12.7. The Kier molecular flexibility index (Phi) is 5.27. The highest BCUT2D eigenvalue weighted by Gasteiger charge is 2.27. The summed E-state index contributed by atoms with van der Waals surface area (Å²) in [6.07, 6.45) is 4.27. The zero-order valence-electron chi connectivity index (χ0n) is 12.6. The molecule has 0 radical (unpaired) electrons. The summed E-state index contributed by atoms with van der Waals surface area (Å²) in [6, 6.07) is 1.74. The van der Waals surface area contributed by atoms with Gasteiger partial charge in [-0.1, -0.05) is 25.7 Å². The fourth-order valence-corrected chi connectivity index (χ4v) is 3.32. The van der Waals surface area contributed by atoms with Gasteiger partial charge in [-0.25, -0.2) is 0 Å². The minimum absolute atomic E-state index is 0.0389. The predicted molar refractivity (Wildman–Crippen MR) is 87.2 cm³/mol. The van der Waals surface area contributed by atoms with Crippen molar-refractivity contribution in [1.29, 1.82) is 0 Å². The van der Waals surface area contributed by atoms with Gasteiger partial charge >= 0.3 is 0 Å². The number of rotatable bonds is 1. The maximum atomic E-state index is 12.7. The Morgan fingerprint density at radius 1 is 1.52 bits per heavy atom. The molecule has 0 atom stereocenters. The second-order valence-electron chi connectivity index (χ2n) is 5.58. The van der Waals surface area contributed by atoms with Crippen molar-refractivity contribution in [3.8, 4) is 11.8 Å². The quantitative estimate of drug-likeness (QED) is 0.803. The van der Waals surface area contributed by atoms with Crippen molar-refractivity contribution in [2.75, 3.05) is 25.4 Å². The lowest BCUT2D eigenvalue weighted by Gasteiger charge is -2.23. The van der Waals surface area contributed by atoms with E-state index < -0.39 is 0 Å². The molecule has 0 aliphatic carbocycles. The number of nitrogens with two attached hydrogens (primary N) is 1. The third kappa shape index (κ3) is 4.23. The van der Waals surface area contributed by atoms with Crippen LogP contribution in [0.5, 0.6) is 0 Å². The van der Waals surface area contributed by atoms with Crippen LogP contribution in [0.1, 0.15) is 36.2 Å². The molecule has 1 aliphatic heterocycles. The third-order valence-corrected chi connectivity index (χ3v) is 4.87. The van der Waals surface area contributed by atoms with Crippen molar-refractivity contribution in [2.45, 2.75) is 25.0 Å². The van der Waals surface area contributed by atoms with Gasteiger partial charge in [0.05, 0.1) is 17.7 Å². The number of carbonyl (C=O) groups excluding carboxylic acids is 1. The van der Waals surface area contributed by atoms with E-state index in [9.17, 15) is 4.79 Å². The van der Waals surface area contributed by atoms with Gasteiger partial charge < -0.3 is 10.6 Å². The number of thioether (sulfide) groups is 1. The molecular weight excluding hydrogens is 282 g/mol. The molecule has 1 aliphatic rings. The van der Waals surface area contributed by atoms with E-state index in [4.69, 9.17) is 5.73 Å². The zero-order chi connectivity index (χ0) is 15.3. The van der Waals surface area contributed by atoms with Gasteiger partial charge in [0.15, 0.2) is 0 Å². The summed E-state index contributed by atoms with van der Waals surface area (Å²) < 4.78 is 0.232. The topological polar surface area (TPSA) is 59.2 Å². The van der Waals surface area contributed by atoms with E-state index in [-0.39, 0.29) is 17.2 Å². The number of hydrogen-bond acceptors (Lipinski definition) is 4. The van der Waals surface area contributed by atoms with Gasteiger partial charge in [-0.15, -0.1) is 0 Å². The Hall–Kier alpha value is -1.51. The Morgan fingerprint density at radius 3 is 3.10 bits per heavy atom. The monoisotopic (exact) mass is 303 g/mol. The molecule has 5 heteroatoms. The van der Waals surface area contributed by atoms with Crippen molar-refractivity contribution < 1.29 is 4.79 Å². The van der Waals surface area contributed by atoms with Crippen molar-refractivity contribution in [1.82, 2.24) is 9.88 Å². The average Bonchev–Trinajstić information content (AvgIpc) is 2.65. The number of hydrogen-bond donors (Lipinski definition) is 1. The normalized spacial score (nSPS) is 17.6. The smallest absolute Gasteiger partial charge is 0.255 e. The van der Waals surface area contributed by atoms with E-state index in [1.807, 2.05) is 16.7 Å². The molecule has 1 aromatic heterocycles. The van der Waals surface area contributed by atoms with Crippen LogP contribution < -0.4 is 5.73 Å². The third-order valence-electron chi connectivity index (χ3n) is 3.50. The van der Waals surface area contributed by atoms with Gasteiger partial charge in [0.1, 0.15) is 0 Å². The van der Waals surface area contributed by atoms with E-state index in [0.29, 0.717) is 11.1 Å². The van der Waals surface area contributed by atoms with Crippen LogP contribution in [0, 0.1) is 11.8 Å². The molecule has 1 amide bonds. The highest BCUT2D eigenvalue weighted by molar-refractivity contribution is 8.00. The molecule has 0 aromatic carbocycles. The first-order valence-corrected chi connectivity index (χ1v) is 8.08. The van der Waals surface area contributed by atoms with E-state index >= 15 is 0 Å². The molecule has 1 fully saturated rings. The van der Waals surface area contributed by atoms with Gasteiger partial charge in [0.25, 0.3) is 5.91 Å². The molecule has 2 heterocycles. The van der Waals surface area contributed by atoms with Crippen LogP contribution in [0.2, 0.25) is 0 Å². The van der Waals surface area contributed by atoms with Gasteiger partial charge in [0.2, 0.25) is 0 Å². The predicted octanol–water partition coefficient (Wildman–Crippen LogP) is 1.75. The highest BCUT2D eigenvalue weighted by atomic mass is 32.2. The molecule has 1 aromatic rings. The van der Waals surface area contributed by atoms with Crippen molar-refractivity contribution in [3.63, 3.8) is 0 Å².